The summed E-state index contributed by atoms with van der Waals surface area (Å²) in [6, 6.07) is 0. The van der Waals surface area contributed by atoms with Gasteiger partial charge in [-0.15, -0.1) is 0 Å². The van der Waals surface area contributed by atoms with E-state index in [0.717, 1.165) is 0 Å². The van der Waals surface area contributed by atoms with Crippen LogP contribution in [0, 0.1) is 5.41 Å². The van der Waals surface area contributed by atoms with Crippen LogP contribution in [0.4, 0.5) is 0 Å². The summed E-state index contributed by atoms with van der Waals surface area (Å²) in [5, 5.41) is 0. The Kier molecular flexibility index (Phi) is 6.33. The molecule has 0 aromatic carbocycles. The highest BCUT2D eigenvalue weighted by atomic mass is 79.9. The molecule has 0 spiro atoms. The van der Waals surface area contributed by atoms with E-state index in [-0.39, 0.29) is 6.42 Å². The maximum Gasteiger partial charge on any atom is 0.323 e. The first-order valence-electron chi connectivity index (χ1n) is 4.94. The molecule has 5 heteroatoms. The smallest absolute Gasteiger partial charge is 0.323 e. The van der Waals surface area contributed by atoms with E-state index in [1.54, 1.807) is 0 Å². The van der Waals surface area contributed by atoms with E-state index in [2.05, 4.69) is 22.5 Å². The Morgan fingerprint density at radius 1 is 1.25 bits per heavy atom. The summed E-state index contributed by atoms with van der Waals surface area (Å²) in [7, 11) is 2.51. The van der Waals surface area contributed by atoms with E-state index in [4.69, 9.17) is 9.47 Å². The van der Waals surface area contributed by atoms with Gasteiger partial charge in [0.15, 0.2) is 5.41 Å². The first-order valence-corrected chi connectivity index (χ1v) is 5.74. The SMILES string of the molecule is C=C(Br)CC(CCC)(C(=O)OC)C(=O)OC. The Balaban J connectivity index is 5.28. The van der Waals surface area contributed by atoms with Crippen molar-refractivity contribution in [3.8, 4) is 0 Å². The molecule has 4 nitrogen and oxygen atoms in total. The van der Waals surface area contributed by atoms with Crippen molar-refractivity contribution < 1.29 is 19.1 Å². The number of carbonyl (C=O) groups is 2. The molecule has 0 bridgehead atoms. The monoisotopic (exact) mass is 292 g/mol. The highest BCUT2D eigenvalue weighted by Gasteiger charge is 2.47. The first-order chi connectivity index (χ1) is 7.44. The van der Waals surface area contributed by atoms with Crippen molar-refractivity contribution in [3.05, 3.63) is 11.1 Å². The fraction of sp³-hybridized carbons (Fsp3) is 0.636. The second-order valence-electron chi connectivity index (χ2n) is 3.51. The minimum atomic E-state index is -1.28. The Labute approximate surface area is 104 Å². The lowest BCUT2D eigenvalue weighted by atomic mass is 9.80. The molecule has 0 N–H and O–H groups in total. The summed E-state index contributed by atoms with van der Waals surface area (Å²) < 4.78 is 9.95. The van der Waals surface area contributed by atoms with Crippen LogP contribution in [0.3, 0.4) is 0 Å². The molecular formula is C11H17BrO4. The van der Waals surface area contributed by atoms with Crippen LogP contribution in [-0.4, -0.2) is 26.2 Å². The minimum Gasteiger partial charge on any atom is -0.468 e. The van der Waals surface area contributed by atoms with Gasteiger partial charge in [-0.1, -0.05) is 35.9 Å². The molecule has 0 saturated heterocycles. The number of halogens is 1. The lowest BCUT2D eigenvalue weighted by Gasteiger charge is -2.27. The number of carbonyl (C=O) groups excluding carboxylic acids is 2. The topological polar surface area (TPSA) is 52.6 Å². The van der Waals surface area contributed by atoms with Gasteiger partial charge in [-0.3, -0.25) is 9.59 Å². The molecule has 16 heavy (non-hydrogen) atoms. The molecule has 0 heterocycles. The van der Waals surface area contributed by atoms with Gasteiger partial charge >= 0.3 is 11.9 Å². The van der Waals surface area contributed by atoms with E-state index < -0.39 is 17.4 Å². The van der Waals surface area contributed by atoms with E-state index in [1.807, 2.05) is 6.92 Å². The number of esters is 2. The number of methoxy groups -OCH3 is 2. The van der Waals surface area contributed by atoms with Crippen molar-refractivity contribution in [3.63, 3.8) is 0 Å². The molecule has 0 radical (unpaired) electrons. The second-order valence-corrected chi connectivity index (χ2v) is 4.63. The Bertz CT molecular complexity index is 270. The maximum absolute atomic E-state index is 11.8. The number of hydrogen-bond acceptors (Lipinski definition) is 4. The summed E-state index contributed by atoms with van der Waals surface area (Å²) >= 11 is 3.17. The van der Waals surface area contributed by atoms with Crippen LogP contribution in [0.1, 0.15) is 26.2 Å². The van der Waals surface area contributed by atoms with Crippen LogP contribution >= 0.6 is 15.9 Å². The highest BCUT2D eigenvalue weighted by Crippen LogP contribution is 2.35. The third-order valence-electron chi connectivity index (χ3n) is 2.32. The van der Waals surface area contributed by atoms with Gasteiger partial charge in [0.05, 0.1) is 14.2 Å². The Morgan fingerprint density at radius 3 is 1.94 bits per heavy atom. The standard InChI is InChI=1S/C11H17BrO4/c1-5-6-11(7-8(2)12,9(13)15-3)10(14)16-4/h2,5-7H2,1,3-4H3. The van der Waals surface area contributed by atoms with Gasteiger partial charge in [0, 0.05) is 6.42 Å². The normalized spacial score (nSPS) is 10.8. The van der Waals surface area contributed by atoms with E-state index >= 15 is 0 Å². The summed E-state index contributed by atoms with van der Waals surface area (Å²) in [6.07, 6.45) is 1.22. The largest absolute Gasteiger partial charge is 0.468 e. The molecule has 92 valence electrons. The zero-order valence-electron chi connectivity index (χ0n) is 9.84. The second kappa shape index (κ2) is 6.68. The number of allylic oxidation sites excluding steroid dienone is 1. The van der Waals surface area contributed by atoms with Crippen LogP contribution in [-0.2, 0) is 19.1 Å². The van der Waals surface area contributed by atoms with Gasteiger partial charge in [-0.05, 0) is 10.9 Å². The molecule has 0 unspecified atom stereocenters. The van der Waals surface area contributed by atoms with Crippen LogP contribution in [0.2, 0.25) is 0 Å². The minimum absolute atomic E-state index is 0.181. The quantitative estimate of drug-likeness (QED) is 0.557. The van der Waals surface area contributed by atoms with Crippen molar-refractivity contribution in [2.45, 2.75) is 26.2 Å². The molecule has 0 rings (SSSR count). The average Bonchev–Trinajstić information content (AvgIpc) is 2.25. The van der Waals surface area contributed by atoms with E-state index in [0.29, 0.717) is 17.3 Å². The number of rotatable bonds is 6. The molecular weight excluding hydrogens is 276 g/mol. The predicted octanol–water partition coefficient (Wildman–Crippen LogP) is 2.42. The zero-order chi connectivity index (χ0) is 12.8. The van der Waals surface area contributed by atoms with Crippen molar-refractivity contribution >= 4 is 27.9 Å². The molecule has 0 aliphatic carbocycles. The average molecular weight is 293 g/mol. The van der Waals surface area contributed by atoms with Crippen molar-refractivity contribution in [1.82, 2.24) is 0 Å². The molecule has 0 saturated carbocycles. The molecule has 0 fully saturated rings. The number of ether oxygens (including phenoxy) is 2. The first kappa shape index (κ1) is 15.2. The molecule has 0 amide bonds. The van der Waals surface area contributed by atoms with Crippen molar-refractivity contribution in [2.24, 2.45) is 5.41 Å². The molecule has 0 aromatic heterocycles. The van der Waals surface area contributed by atoms with Crippen molar-refractivity contribution in [2.75, 3.05) is 14.2 Å². The van der Waals surface area contributed by atoms with Gasteiger partial charge in [0.25, 0.3) is 0 Å². The fourth-order valence-corrected chi connectivity index (χ4v) is 2.14. The van der Waals surface area contributed by atoms with Gasteiger partial charge in [-0.25, -0.2) is 0 Å². The Hall–Kier alpha value is -0.840. The molecule has 0 aliphatic heterocycles. The van der Waals surface area contributed by atoms with Crippen LogP contribution in [0.5, 0.6) is 0 Å². The number of hydrogen-bond donors (Lipinski definition) is 0. The molecule has 0 aliphatic rings. The van der Waals surface area contributed by atoms with Gasteiger partial charge in [-0.2, -0.15) is 0 Å². The lowest BCUT2D eigenvalue weighted by molar-refractivity contribution is -0.169. The van der Waals surface area contributed by atoms with Gasteiger partial charge < -0.3 is 9.47 Å². The van der Waals surface area contributed by atoms with Crippen LogP contribution < -0.4 is 0 Å². The van der Waals surface area contributed by atoms with Gasteiger partial charge in [0.2, 0.25) is 0 Å². The summed E-state index contributed by atoms with van der Waals surface area (Å²) in [6.45, 7) is 5.54. The van der Waals surface area contributed by atoms with Crippen molar-refractivity contribution in [1.29, 1.82) is 0 Å². The Morgan fingerprint density at radius 2 is 1.69 bits per heavy atom. The van der Waals surface area contributed by atoms with E-state index in [9.17, 15) is 9.59 Å². The zero-order valence-corrected chi connectivity index (χ0v) is 11.4. The summed E-state index contributed by atoms with van der Waals surface area (Å²) in [5.74, 6) is -1.16. The maximum atomic E-state index is 11.8. The highest BCUT2D eigenvalue weighted by molar-refractivity contribution is 9.11. The van der Waals surface area contributed by atoms with Gasteiger partial charge in [0.1, 0.15) is 0 Å². The lowest BCUT2D eigenvalue weighted by Crippen LogP contribution is -2.41. The fourth-order valence-electron chi connectivity index (χ4n) is 1.67. The summed E-state index contributed by atoms with van der Waals surface area (Å²) in [5.41, 5.74) is -1.28. The summed E-state index contributed by atoms with van der Waals surface area (Å²) in [4.78, 5) is 23.5. The predicted molar refractivity (Wildman–Crippen MR) is 64.1 cm³/mol. The van der Waals surface area contributed by atoms with Crippen LogP contribution in [0.15, 0.2) is 11.1 Å². The molecule has 0 atom stereocenters. The van der Waals surface area contributed by atoms with Crippen LogP contribution in [0.25, 0.3) is 0 Å². The van der Waals surface area contributed by atoms with E-state index in [1.165, 1.54) is 14.2 Å². The third kappa shape index (κ3) is 3.33. The third-order valence-corrected chi connectivity index (χ3v) is 2.60. The molecule has 0 aromatic rings.